The third kappa shape index (κ3) is 4.26. The van der Waals surface area contributed by atoms with E-state index in [0.717, 1.165) is 39.0 Å². The largest absolute Gasteiger partial charge is 0.456 e. The minimum absolute atomic E-state index is 0.923. The number of anilines is 3. The molecular weight excluding hydrogens is 647 g/mol. The van der Waals surface area contributed by atoms with Crippen LogP contribution in [0, 0.1) is 0 Å². The van der Waals surface area contributed by atoms with Crippen molar-refractivity contribution in [2.24, 2.45) is 0 Å². The van der Waals surface area contributed by atoms with E-state index in [-0.39, 0.29) is 0 Å². The highest BCUT2D eigenvalue weighted by Gasteiger charge is 2.18. The first kappa shape index (κ1) is 28.0. The lowest BCUT2D eigenvalue weighted by molar-refractivity contribution is 0.669. The maximum atomic E-state index is 6.22. The van der Waals surface area contributed by atoms with Gasteiger partial charge in [-0.1, -0.05) is 97.1 Å². The summed E-state index contributed by atoms with van der Waals surface area (Å²) in [6, 6.07) is 59.7. The van der Waals surface area contributed by atoms with Gasteiger partial charge in [-0.2, -0.15) is 0 Å². The SMILES string of the molecule is c1cc(-c2ccc(N(c3ccc4c(c3)sc3ccccc34)c3ccc4c(c3)sc3ccccc34)cc2)c2cc3c(cc2c1)oc1ccccc13. The van der Waals surface area contributed by atoms with Crippen LogP contribution in [0.4, 0.5) is 17.1 Å². The molecule has 11 aromatic rings. The maximum absolute atomic E-state index is 6.22. The summed E-state index contributed by atoms with van der Waals surface area (Å²) in [6.45, 7) is 0. The molecule has 0 aliphatic heterocycles. The minimum atomic E-state index is 0.923. The van der Waals surface area contributed by atoms with E-state index in [4.69, 9.17) is 4.42 Å². The number of nitrogens with zero attached hydrogens (tertiary/aromatic N) is 1. The molecule has 0 radical (unpaired) electrons. The zero-order valence-electron chi connectivity index (χ0n) is 26.8. The van der Waals surface area contributed by atoms with E-state index in [0.29, 0.717) is 0 Å². The summed E-state index contributed by atoms with van der Waals surface area (Å²) in [5.74, 6) is 0. The van der Waals surface area contributed by atoms with Gasteiger partial charge in [0.25, 0.3) is 0 Å². The first-order valence-electron chi connectivity index (χ1n) is 16.8. The Morgan fingerprint density at radius 2 is 0.940 bits per heavy atom. The predicted octanol–water partition coefficient (Wildman–Crippen LogP) is 14.6. The zero-order valence-corrected chi connectivity index (χ0v) is 28.4. The minimum Gasteiger partial charge on any atom is -0.456 e. The van der Waals surface area contributed by atoms with Crippen LogP contribution in [0.3, 0.4) is 0 Å². The van der Waals surface area contributed by atoms with Gasteiger partial charge < -0.3 is 9.32 Å². The Bertz CT molecular complexity index is 2990. The van der Waals surface area contributed by atoms with Crippen LogP contribution in [0.1, 0.15) is 0 Å². The van der Waals surface area contributed by atoms with Crippen LogP contribution in [-0.4, -0.2) is 0 Å². The van der Waals surface area contributed by atoms with Gasteiger partial charge in [0.2, 0.25) is 0 Å². The summed E-state index contributed by atoms with van der Waals surface area (Å²) >= 11 is 3.72. The maximum Gasteiger partial charge on any atom is 0.136 e. The second kappa shape index (κ2) is 10.8. The third-order valence-corrected chi connectivity index (χ3v) is 12.3. The van der Waals surface area contributed by atoms with Gasteiger partial charge in [0, 0.05) is 68.2 Å². The first-order valence-corrected chi connectivity index (χ1v) is 18.5. The Morgan fingerprint density at radius 3 is 1.62 bits per heavy atom. The van der Waals surface area contributed by atoms with Crippen molar-refractivity contribution in [1.29, 1.82) is 0 Å². The lowest BCUT2D eigenvalue weighted by atomic mass is 9.96. The second-order valence-electron chi connectivity index (χ2n) is 12.9. The molecule has 0 N–H and O–H groups in total. The quantitative estimate of drug-likeness (QED) is 0.185. The summed E-state index contributed by atoms with van der Waals surface area (Å²) in [5.41, 5.74) is 7.67. The number of hydrogen-bond acceptors (Lipinski definition) is 4. The number of hydrogen-bond donors (Lipinski definition) is 0. The van der Waals surface area contributed by atoms with E-state index in [2.05, 4.69) is 157 Å². The summed E-state index contributed by atoms with van der Waals surface area (Å²) in [7, 11) is 0. The molecule has 0 unspecified atom stereocenters. The van der Waals surface area contributed by atoms with Crippen molar-refractivity contribution in [3.8, 4) is 11.1 Å². The first-order chi connectivity index (χ1) is 24.7. The van der Waals surface area contributed by atoms with Gasteiger partial charge in [-0.25, -0.2) is 0 Å². The number of furan rings is 1. The van der Waals surface area contributed by atoms with Gasteiger partial charge in [0.15, 0.2) is 0 Å². The van der Waals surface area contributed by atoms with Crippen molar-refractivity contribution in [3.63, 3.8) is 0 Å². The van der Waals surface area contributed by atoms with Gasteiger partial charge in [-0.3, -0.25) is 0 Å². The molecule has 0 bridgehead atoms. The van der Waals surface area contributed by atoms with Gasteiger partial charge in [-0.05, 0) is 88.6 Å². The van der Waals surface area contributed by atoms with E-state index in [1.807, 2.05) is 34.8 Å². The van der Waals surface area contributed by atoms with Crippen LogP contribution in [0.15, 0.2) is 168 Å². The van der Waals surface area contributed by atoms with Gasteiger partial charge >= 0.3 is 0 Å². The van der Waals surface area contributed by atoms with Crippen molar-refractivity contribution < 1.29 is 4.42 Å². The predicted molar refractivity (Wildman–Crippen MR) is 217 cm³/mol. The molecule has 0 aliphatic carbocycles. The fourth-order valence-corrected chi connectivity index (χ4v) is 9.97. The Hall–Kier alpha value is -5.94. The Morgan fingerprint density at radius 1 is 0.360 bits per heavy atom. The fourth-order valence-electron chi connectivity index (χ4n) is 7.69. The monoisotopic (exact) mass is 673 g/mol. The molecule has 4 heteroatoms. The summed E-state index contributed by atoms with van der Waals surface area (Å²) in [6.07, 6.45) is 0. The Kier molecular flexibility index (Phi) is 6.03. The molecule has 2 nitrogen and oxygen atoms in total. The van der Waals surface area contributed by atoms with Crippen molar-refractivity contribution in [2.45, 2.75) is 0 Å². The Balaban J connectivity index is 1.07. The topological polar surface area (TPSA) is 16.4 Å². The van der Waals surface area contributed by atoms with Gasteiger partial charge in [0.05, 0.1) is 0 Å². The van der Waals surface area contributed by atoms with Gasteiger partial charge in [-0.15, -0.1) is 22.7 Å². The highest BCUT2D eigenvalue weighted by Crippen LogP contribution is 2.44. The van der Waals surface area contributed by atoms with E-state index >= 15 is 0 Å². The van der Waals surface area contributed by atoms with Crippen molar-refractivity contribution >= 4 is 113 Å². The number of fused-ring (bicyclic) bond motifs is 10. The van der Waals surface area contributed by atoms with Crippen molar-refractivity contribution in [1.82, 2.24) is 0 Å². The van der Waals surface area contributed by atoms with E-state index in [1.54, 1.807) is 0 Å². The average Bonchev–Trinajstić information content (AvgIpc) is 3.84. The number of rotatable bonds is 4. The van der Waals surface area contributed by atoms with E-state index in [9.17, 15) is 0 Å². The van der Waals surface area contributed by atoms with Crippen LogP contribution in [0.2, 0.25) is 0 Å². The van der Waals surface area contributed by atoms with Crippen LogP contribution in [0.25, 0.3) is 84.2 Å². The number of para-hydroxylation sites is 1. The van der Waals surface area contributed by atoms with Crippen molar-refractivity contribution in [2.75, 3.05) is 4.90 Å². The number of thiophene rings is 2. The van der Waals surface area contributed by atoms with Crippen LogP contribution in [-0.2, 0) is 0 Å². The summed E-state index contributed by atoms with van der Waals surface area (Å²) < 4.78 is 11.4. The van der Waals surface area contributed by atoms with E-state index in [1.165, 1.54) is 62.2 Å². The molecular formula is C46H27NOS2. The molecule has 3 aromatic heterocycles. The average molecular weight is 674 g/mol. The second-order valence-corrected chi connectivity index (χ2v) is 15.1. The van der Waals surface area contributed by atoms with Gasteiger partial charge in [0.1, 0.15) is 11.2 Å². The molecule has 0 spiro atoms. The molecule has 8 aromatic carbocycles. The van der Waals surface area contributed by atoms with Crippen LogP contribution >= 0.6 is 22.7 Å². The smallest absolute Gasteiger partial charge is 0.136 e. The molecule has 50 heavy (non-hydrogen) atoms. The molecule has 0 aliphatic rings. The molecule has 0 fully saturated rings. The normalized spacial score (nSPS) is 12.0. The zero-order chi connectivity index (χ0) is 32.8. The molecule has 234 valence electrons. The lowest BCUT2D eigenvalue weighted by Gasteiger charge is -2.26. The molecule has 0 amide bonds. The highest BCUT2D eigenvalue weighted by atomic mass is 32.1. The number of benzene rings is 8. The van der Waals surface area contributed by atoms with Crippen LogP contribution < -0.4 is 4.90 Å². The van der Waals surface area contributed by atoms with E-state index < -0.39 is 0 Å². The molecule has 0 saturated carbocycles. The molecule has 3 heterocycles. The summed E-state index contributed by atoms with van der Waals surface area (Å²) in [5, 5.41) is 9.94. The summed E-state index contributed by atoms with van der Waals surface area (Å²) in [4.78, 5) is 2.40. The third-order valence-electron chi connectivity index (χ3n) is 10.1. The van der Waals surface area contributed by atoms with Crippen LogP contribution in [0.5, 0.6) is 0 Å². The molecule has 0 atom stereocenters. The Labute approximate surface area is 295 Å². The molecule has 11 rings (SSSR count). The standard InChI is InChI=1S/C46H27NOS2/c1-4-13-41-34(9-1)40-27-39-29(24-42(40)48-41)8-7-12-33(39)28-16-18-30(19-17-28)47(31-20-22-37-35-10-2-5-14-43(35)49-45(37)25-31)32-21-23-38-36-11-3-6-15-44(36)50-46(38)26-32/h1-27H. The van der Waals surface area contributed by atoms with Crippen molar-refractivity contribution in [3.05, 3.63) is 164 Å². The lowest BCUT2D eigenvalue weighted by Crippen LogP contribution is -2.09. The molecule has 0 saturated heterocycles. The fraction of sp³-hybridized carbons (Fsp3) is 0. The highest BCUT2D eigenvalue weighted by molar-refractivity contribution is 7.26.